The van der Waals surface area contributed by atoms with E-state index in [4.69, 9.17) is 19.3 Å². The molecule has 11 nitrogen and oxygen atoms in total. The Balaban J connectivity index is 1.24. The van der Waals surface area contributed by atoms with Crippen LogP contribution in [0.4, 0.5) is 0 Å². The van der Waals surface area contributed by atoms with E-state index in [1.54, 1.807) is 42.7 Å². The number of aryl methyl sites for hydroxylation is 1. The van der Waals surface area contributed by atoms with Crippen LogP contribution >= 0.6 is 23.1 Å². The van der Waals surface area contributed by atoms with Crippen LogP contribution in [-0.2, 0) is 16.1 Å². The molecule has 1 N–H and O–H groups in total. The second-order valence-corrected chi connectivity index (χ2v) is 13.1. The largest absolute Gasteiger partial charge is 0.493 e. The van der Waals surface area contributed by atoms with Crippen LogP contribution in [0.5, 0.6) is 17.2 Å². The van der Waals surface area contributed by atoms with Crippen molar-refractivity contribution in [3.05, 3.63) is 112 Å². The molecule has 0 fully saturated rings. The number of benzene rings is 3. The van der Waals surface area contributed by atoms with Crippen LogP contribution in [0.15, 0.2) is 94.5 Å². The maximum absolute atomic E-state index is 14.1. The number of aromatic nitrogens is 3. The van der Waals surface area contributed by atoms with Crippen molar-refractivity contribution in [3.63, 3.8) is 0 Å². The van der Waals surface area contributed by atoms with E-state index >= 15 is 0 Å². The van der Waals surface area contributed by atoms with E-state index in [0.29, 0.717) is 34.7 Å². The zero-order valence-corrected chi connectivity index (χ0v) is 29.2. The minimum Gasteiger partial charge on any atom is -0.493 e. The van der Waals surface area contributed by atoms with Crippen LogP contribution in [0.25, 0.3) is 5.69 Å². The van der Waals surface area contributed by atoms with E-state index < -0.39 is 6.04 Å². The van der Waals surface area contributed by atoms with Crippen molar-refractivity contribution >= 4 is 40.6 Å². The van der Waals surface area contributed by atoms with E-state index in [9.17, 15) is 9.59 Å². The van der Waals surface area contributed by atoms with Gasteiger partial charge in [0.15, 0.2) is 29.1 Å². The van der Waals surface area contributed by atoms with Gasteiger partial charge in [-0.1, -0.05) is 60.3 Å². The summed E-state index contributed by atoms with van der Waals surface area (Å²) in [7, 11) is 3.18. The van der Waals surface area contributed by atoms with E-state index in [0.717, 1.165) is 33.0 Å². The topological polar surface area (TPSA) is 120 Å². The molecule has 0 bridgehead atoms. The number of ether oxygens (including phenoxy) is 3. The second-order valence-electron chi connectivity index (χ2n) is 11.2. The van der Waals surface area contributed by atoms with E-state index in [1.165, 1.54) is 11.8 Å². The summed E-state index contributed by atoms with van der Waals surface area (Å²) in [4.78, 5) is 27.8. The van der Waals surface area contributed by atoms with E-state index in [-0.39, 0.29) is 30.7 Å². The molecule has 3 aromatic carbocycles. The molecule has 1 aliphatic heterocycles. The van der Waals surface area contributed by atoms with Crippen LogP contribution in [-0.4, -0.2) is 63.9 Å². The van der Waals surface area contributed by atoms with Crippen molar-refractivity contribution in [1.29, 1.82) is 0 Å². The Morgan fingerprint density at radius 1 is 0.959 bits per heavy atom. The number of hydrogen-bond acceptors (Lipinski definition) is 10. The summed E-state index contributed by atoms with van der Waals surface area (Å²) in [5.41, 5.74) is 4.62. The molecule has 0 aliphatic carbocycles. The summed E-state index contributed by atoms with van der Waals surface area (Å²) in [5.74, 6) is 1.83. The number of thiophene rings is 1. The molecule has 0 saturated heterocycles. The molecule has 13 heteroatoms. The Hall–Kier alpha value is -5.14. The molecule has 49 heavy (non-hydrogen) atoms. The van der Waals surface area contributed by atoms with Gasteiger partial charge in [-0.05, 0) is 60.7 Å². The third kappa shape index (κ3) is 7.47. The lowest BCUT2D eigenvalue weighted by atomic mass is 9.99. The van der Waals surface area contributed by atoms with Crippen molar-refractivity contribution in [2.45, 2.75) is 38.0 Å². The number of thioether (sulfide) groups is 1. The normalized spacial score (nSPS) is 14.0. The number of methoxy groups -OCH3 is 2. The fourth-order valence-corrected chi connectivity index (χ4v) is 7.10. The molecule has 0 spiro atoms. The maximum Gasteiger partial charge on any atom is 0.258 e. The summed E-state index contributed by atoms with van der Waals surface area (Å²) in [6, 6.07) is 24.4. The average molecular weight is 697 g/mol. The standard InChI is InChI=1S/C36H36N6O5S2/c1-23-11-8-15-28(24(23)2)41-32(20-37-33(43)21-47-25-12-6-5-7-13-25)38-39-36(41)49-22-34(44)42-29(19-27(40-42)31-17-10-18-48-31)26-14-9-16-30(45-3)35(26)46-4/h5-18,29H,19-22H2,1-4H3,(H,37,43)/t29-/m0/s1. The first-order valence-corrected chi connectivity index (χ1v) is 17.5. The molecule has 0 unspecified atom stereocenters. The third-order valence-corrected chi connectivity index (χ3v) is 10.00. The van der Waals surface area contributed by atoms with Gasteiger partial charge in [-0.25, -0.2) is 5.01 Å². The number of hydrogen-bond donors (Lipinski definition) is 1. The number of nitrogens with zero attached hydrogens (tertiary/aromatic N) is 5. The zero-order valence-electron chi connectivity index (χ0n) is 27.6. The summed E-state index contributed by atoms with van der Waals surface area (Å²) in [6.07, 6.45) is 0.525. The van der Waals surface area contributed by atoms with Gasteiger partial charge in [-0.3, -0.25) is 14.2 Å². The number of carbonyl (C=O) groups excluding carboxylic acids is 2. The minimum atomic E-state index is -0.393. The number of para-hydroxylation sites is 2. The number of rotatable bonds is 13. The van der Waals surface area contributed by atoms with Gasteiger partial charge < -0.3 is 19.5 Å². The molecule has 2 aromatic heterocycles. The molecule has 0 radical (unpaired) electrons. The predicted molar refractivity (Wildman–Crippen MR) is 190 cm³/mol. The van der Waals surface area contributed by atoms with Gasteiger partial charge in [0, 0.05) is 12.0 Å². The molecular formula is C36H36N6O5S2. The average Bonchev–Trinajstić information content (AvgIpc) is 3.90. The van der Waals surface area contributed by atoms with Crippen LogP contribution in [0.1, 0.15) is 39.9 Å². The summed E-state index contributed by atoms with van der Waals surface area (Å²) >= 11 is 2.85. The Bertz CT molecular complexity index is 1960. The molecule has 252 valence electrons. The summed E-state index contributed by atoms with van der Waals surface area (Å²) in [5, 5.41) is 20.7. The zero-order chi connectivity index (χ0) is 34.3. The van der Waals surface area contributed by atoms with Gasteiger partial charge in [0.2, 0.25) is 0 Å². The lowest BCUT2D eigenvalue weighted by Gasteiger charge is -2.24. The lowest BCUT2D eigenvalue weighted by molar-refractivity contribution is -0.130. The maximum atomic E-state index is 14.1. The van der Waals surface area contributed by atoms with Crippen LogP contribution in [0, 0.1) is 13.8 Å². The number of amides is 2. The highest BCUT2D eigenvalue weighted by Gasteiger charge is 2.36. The highest BCUT2D eigenvalue weighted by Crippen LogP contribution is 2.42. The van der Waals surface area contributed by atoms with Gasteiger partial charge >= 0.3 is 0 Å². The Kier molecular flexibility index (Phi) is 10.6. The molecule has 0 saturated carbocycles. The van der Waals surface area contributed by atoms with Crippen molar-refractivity contribution < 1.29 is 23.8 Å². The number of hydrazone groups is 1. The van der Waals surface area contributed by atoms with Crippen LogP contribution < -0.4 is 19.5 Å². The molecule has 3 heterocycles. The Labute approximate surface area is 292 Å². The monoisotopic (exact) mass is 696 g/mol. The van der Waals surface area contributed by atoms with Gasteiger partial charge in [0.1, 0.15) is 5.75 Å². The van der Waals surface area contributed by atoms with Gasteiger partial charge in [-0.2, -0.15) is 5.10 Å². The Morgan fingerprint density at radius 3 is 2.53 bits per heavy atom. The predicted octanol–water partition coefficient (Wildman–Crippen LogP) is 6.13. The van der Waals surface area contributed by atoms with Crippen molar-refractivity contribution in [3.8, 4) is 22.9 Å². The fraction of sp³-hybridized carbons (Fsp3) is 0.250. The number of nitrogens with one attached hydrogen (secondary N) is 1. The first kappa shape index (κ1) is 33.7. The third-order valence-electron chi connectivity index (χ3n) is 8.16. The highest BCUT2D eigenvalue weighted by molar-refractivity contribution is 7.99. The molecule has 6 rings (SSSR count). The first-order valence-electron chi connectivity index (χ1n) is 15.6. The second kappa shape index (κ2) is 15.4. The number of carbonyl (C=O) groups is 2. The molecule has 2 amide bonds. The van der Waals surface area contributed by atoms with Gasteiger partial charge in [0.05, 0.1) is 48.8 Å². The van der Waals surface area contributed by atoms with E-state index in [1.807, 2.05) is 90.5 Å². The quantitative estimate of drug-likeness (QED) is 0.146. The highest BCUT2D eigenvalue weighted by atomic mass is 32.2. The summed E-state index contributed by atoms with van der Waals surface area (Å²) < 4.78 is 18.8. The molecular weight excluding hydrogens is 661 g/mol. The molecule has 1 atom stereocenters. The van der Waals surface area contributed by atoms with Crippen LogP contribution in [0.3, 0.4) is 0 Å². The van der Waals surface area contributed by atoms with Gasteiger partial charge in [-0.15, -0.1) is 21.5 Å². The van der Waals surface area contributed by atoms with Crippen molar-refractivity contribution in [1.82, 2.24) is 25.1 Å². The van der Waals surface area contributed by atoms with Crippen molar-refractivity contribution in [2.24, 2.45) is 5.10 Å². The van der Waals surface area contributed by atoms with Crippen LogP contribution in [0.2, 0.25) is 0 Å². The minimum absolute atomic E-state index is 0.0459. The Morgan fingerprint density at radius 2 is 1.78 bits per heavy atom. The van der Waals surface area contributed by atoms with Gasteiger partial charge in [0.25, 0.3) is 11.8 Å². The smallest absolute Gasteiger partial charge is 0.258 e. The SMILES string of the molecule is COc1cccc([C@@H]2CC(c3cccs3)=NN2C(=O)CSc2nnc(CNC(=O)COc3ccccc3)n2-c2cccc(C)c2C)c1OC. The fourth-order valence-electron chi connectivity index (χ4n) is 5.56. The molecule has 1 aliphatic rings. The van der Waals surface area contributed by atoms with E-state index in [2.05, 4.69) is 15.5 Å². The first-order chi connectivity index (χ1) is 23.9. The molecule has 5 aromatic rings. The van der Waals surface area contributed by atoms with Crippen molar-refractivity contribution in [2.75, 3.05) is 26.6 Å². The summed E-state index contributed by atoms with van der Waals surface area (Å²) in [6.45, 7) is 4.04. The lowest BCUT2D eigenvalue weighted by Crippen LogP contribution is -2.30.